The minimum absolute atomic E-state index is 0.0775. The Hall–Kier alpha value is -4.51. The summed E-state index contributed by atoms with van der Waals surface area (Å²) in [7, 11) is 0. The molecule has 11 heteroatoms. The van der Waals surface area contributed by atoms with Crippen LogP contribution in [0, 0.1) is 5.92 Å². The SMILES string of the molecule is O=C(c1cc(Nc2nc(-c3ccc4[nH][nH]c(=O)c4c3)nc3ccccc23)n[nH]1)N1CC[C@H](CO)C1. The van der Waals surface area contributed by atoms with E-state index < -0.39 is 0 Å². The molecule has 4 heterocycles. The molecule has 1 amide bonds. The van der Waals surface area contributed by atoms with Crippen molar-refractivity contribution in [3.05, 3.63) is 64.6 Å². The molecule has 5 aromatic rings. The molecule has 0 radical (unpaired) electrons. The number of nitrogens with zero attached hydrogens (tertiary/aromatic N) is 4. The minimum Gasteiger partial charge on any atom is -0.396 e. The number of likely N-dealkylation sites (tertiary alicyclic amines) is 1. The van der Waals surface area contributed by atoms with Crippen LogP contribution >= 0.6 is 0 Å². The molecular formula is C24H22N8O3. The van der Waals surface area contributed by atoms with E-state index in [1.807, 2.05) is 30.3 Å². The number of carbonyl (C=O) groups is 1. The number of hydrogen-bond acceptors (Lipinski definition) is 7. The first-order valence-electron chi connectivity index (χ1n) is 11.3. The number of nitrogens with one attached hydrogen (secondary N) is 4. The Bertz CT molecular complexity index is 1620. The fraction of sp³-hybridized carbons (Fsp3) is 0.208. The van der Waals surface area contributed by atoms with E-state index in [1.54, 1.807) is 23.1 Å². The maximum absolute atomic E-state index is 12.8. The molecule has 11 nitrogen and oxygen atoms in total. The number of carbonyl (C=O) groups excluding carboxylic acids is 1. The largest absolute Gasteiger partial charge is 0.396 e. The fourth-order valence-electron chi connectivity index (χ4n) is 4.43. The van der Waals surface area contributed by atoms with Crippen LogP contribution in [-0.2, 0) is 0 Å². The van der Waals surface area contributed by atoms with E-state index in [1.165, 1.54) is 0 Å². The number of hydrogen-bond donors (Lipinski definition) is 5. The summed E-state index contributed by atoms with van der Waals surface area (Å²) < 4.78 is 0. The highest BCUT2D eigenvalue weighted by molar-refractivity contribution is 5.95. The zero-order valence-corrected chi connectivity index (χ0v) is 18.6. The number of aliphatic hydroxyl groups is 1. The molecule has 2 aromatic carbocycles. The van der Waals surface area contributed by atoms with Crippen LogP contribution in [0.2, 0.25) is 0 Å². The summed E-state index contributed by atoms with van der Waals surface area (Å²) in [4.78, 5) is 36.0. The van der Waals surface area contributed by atoms with Crippen LogP contribution < -0.4 is 10.9 Å². The topological polar surface area (TPSA) is 156 Å². The smallest absolute Gasteiger partial charge is 0.271 e. The van der Waals surface area contributed by atoms with Crippen molar-refractivity contribution < 1.29 is 9.90 Å². The Balaban J connectivity index is 1.34. The van der Waals surface area contributed by atoms with Crippen LogP contribution in [0.4, 0.5) is 11.6 Å². The lowest BCUT2D eigenvalue weighted by molar-refractivity contribution is 0.0776. The first kappa shape index (κ1) is 21.1. The van der Waals surface area contributed by atoms with Gasteiger partial charge in [0, 0.05) is 42.6 Å². The molecule has 1 aliphatic rings. The van der Waals surface area contributed by atoms with Gasteiger partial charge >= 0.3 is 0 Å². The average molecular weight is 470 g/mol. The number of benzene rings is 2. The maximum Gasteiger partial charge on any atom is 0.271 e. The van der Waals surface area contributed by atoms with E-state index in [-0.39, 0.29) is 24.0 Å². The van der Waals surface area contributed by atoms with Crippen molar-refractivity contribution >= 4 is 39.3 Å². The van der Waals surface area contributed by atoms with Gasteiger partial charge < -0.3 is 15.3 Å². The quantitative estimate of drug-likeness (QED) is 0.264. The van der Waals surface area contributed by atoms with Gasteiger partial charge in [-0.1, -0.05) is 12.1 Å². The van der Waals surface area contributed by atoms with Gasteiger partial charge in [-0.25, -0.2) is 9.97 Å². The van der Waals surface area contributed by atoms with E-state index in [4.69, 9.17) is 4.98 Å². The molecule has 0 aliphatic carbocycles. The summed E-state index contributed by atoms with van der Waals surface area (Å²) in [5.41, 5.74) is 2.28. The van der Waals surface area contributed by atoms with Gasteiger partial charge in [0.25, 0.3) is 11.5 Å². The number of H-pyrrole nitrogens is 3. The van der Waals surface area contributed by atoms with Gasteiger partial charge in [-0.15, -0.1) is 0 Å². The third kappa shape index (κ3) is 3.81. The Morgan fingerprint density at radius 1 is 1.11 bits per heavy atom. The first-order valence-corrected chi connectivity index (χ1v) is 11.3. The molecule has 0 unspecified atom stereocenters. The molecule has 176 valence electrons. The van der Waals surface area contributed by atoms with Crippen LogP contribution in [0.3, 0.4) is 0 Å². The van der Waals surface area contributed by atoms with Gasteiger partial charge in [-0.05, 0) is 36.8 Å². The fourth-order valence-corrected chi connectivity index (χ4v) is 4.43. The van der Waals surface area contributed by atoms with Crippen LogP contribution in [-0.4, -0.2) is 66.0 Å². The van der Waals surface area contributed by atoms with Crippen molar-refractivity contribution in [2.75, 3.05) is 25.0 Å². The number of anilines is 2. The van der Waals surface area contributed by atoms with Crippen molar-refractivity contribution in [3.8, 4) is 11.4 Å². The summed E-state index contributed by atoms with van der Waals surface area (Å²) >= 11 is 0. The Morgan fingerprint density at radius 3 is 2.86 bits per heavy atom. The van der Waals surface area contributed by atoms with Crippen molar-refractivity contribution in [2.24, 2.45) is 5.92 Å². The van der Waals surface area contributed by atoms with Crippen molar-refractivity contribution in [3.63, 3.8) is 0 Å². The zero-order chi connectivity index (χ0) is 23.9. The minimum atomic E-state index is -0.210. The number of fused-ring (bicyclic) bond motifs is 2. The molecule has 3 aromatic heterocycles. The molecule has 6 rings (SSSR count). The molecular weight excluding hydrogens is 448 g/mol. The van der Waals surface area contributed by atoms with E-state index in [2.05, 4.69) is 30.7 Å². The zero-order valence-electron chi connectivity index (χ0n) is 18.6. The number of amides is 1. The van der Waals surface area contributed by atoms with Crippen LogP contribution in [0.25, 0.3) is 33.2 Å². The first-order chi connectivity index (χ1) is 17.1. The van der Waals surface area contributed by atoms with Gasteiger partial charge in [0.05, 0.1) is 16.4 Å². The molecule has 1 saturated heterocycles. The summed E-state index contributed by atoms with van der Waals surface area (Å²) in [6.45, 7) is 1.22. The second-order valence-corrected chi connectivity index (χ2v) is 8.63. The summed E-state index contributed by atoms with van der Waals surface area (Å²) in [6, 6.07) is 14.6. The van der Waals surface area contributed by atoms with Crippen molar-refractivity contribution in [2.45, 2.75) is 6.42 Å². The lowest BCUT2D eigenvalue weighted by atomic mass is 10.1. The number of aromatic amines is 3. The van der Waals surface area contributed by atoms with Gasteiger partial charge in [-0.2, -0.15) is 5.10 Å². The van der Waals surface area contributed by atoms with Gasteiger partial charge in [-0.3, -0.25) is 24.9 Å². The Kier molecular flexibility index (Phi) is 5.03. The van der Waals surface area contributed by atoms with Crippen molar-refractivity contribution in [1.82, 2.24) is 35.3 Å². The Labute approximate surface area is 198 Å². The Morgan fingerprint density at radius 2 is 2.00 bits per heavy atom. The van der Waals surface area contributed by atoms with E-state index in [9.17, 15) is 14.7 Å². The van der Waals surface area contributed by atoms with E-state index in [0.717, 1.165) is 17.3 Å². The van der Waals surface area contributed by atoms with Crippen LogP contribution in [0.5, 0.6) is 0 Å². The van der Waals surface area contributed by atoms with Gasteiger partial charge in [0.1, 0.15) is 11.5 Å². The third-order valence-corrected chi connectivity index (χ3v) is 6.32. The lowest BCUT2D eigenvalue weighted by Gasteiger charge is -2.14. The lowest BCUT2D eigenvalue weighted by Crippen LogP contribution is -2.29. The number of para-hydroxylation sites is 1. The summed E-state index contributed by atoms with van der Waals surface area (Å²) in [5, 5.41) is 26.3. The average Bonchev–Trinajstić information content (AvgIpc) is 3.64. The molecule has 35 heavy (non-hydrogen) atoms. The monoisotopic (exact) mass is 470 g/mol. The second kappa shape index (κ2) is 8.37. The standard InChI is InChI=1S/C24H22N8O3/c33-12-13-7-8-32(11-13)24(35)19-10-20(30-29-19)26-22-15-3-1-2-4-17(15)25-21(27-22)14-5-6-18-16(9-14)23(34)31-28-18/h1-6,9-10,13,33H,7-8,11-12H2,(H2,28,31,34)(H2,25,26,27,29,30)/t13-/m0/s1. The normalized spacial score (nSPS) is 15.8. The molecule has 0 bridgehead atoms. The van der Waals surface area contributed by atoms with Crippen LogP contribution in [0.1, 0.15) is 16.9 Å². The molecule has 1 fully saturated rings. The maximum atomic E-state index is 12.8. The number of rotatable bonds is 5. The van der Waals surface area contributed by atoms with Crippen molar-refractivity contribution in [1.29, 1.82) is 0 Å². The van der Waals surface area contributed by atoms with E-state index >= 15 is 0 Å². The summed E-state index contributed by atoms with van der Waals surface area (Å²) in [5.74, 6) is 1.39. The molecule has 0 spiro atoms. The predicted octanol–water partition coefficient (Wildman–Crippen LogP) is 2.39. The molecule has 0 saturated carbocycles. The van der Waals surface area contributed by atoms with E-state index in [0.29, 0.717) is 52.7 Å². The number of aliphatic hydroxyl groups excluding tert-OH is 1. The highest BCUT2D eigenvalue weighted by Gasteiger charge is 2.27. The summed E-state index contributed by atoms with van der Waals surface area (Å²) in [6.07, 6.45) is 0.789. The van der Waals surface area contributed by atoms with Gasteiger partial charge in [0.15, 0.2) is 11.6 Å². The van der Waals surface area contributed by atoms with Gasteiger partial charge in [0.2, 0.25) is 0 Å². The predicted molar refractivity (Wildman–Crippen MR) is 130 cm³/mol. The highest BCUT2D eigenvalue weighted by Crippen LogP contribution is 2.28. The second-order valence-electron chi connectivity index (χ2n) is 8.63. The molecule has 1 aliphatic heterocycles. The third-order valence-electron chi connectivity index (χ3n) is 6.32. The molecule has 5 N–H and O–H groups in total. The van der Waals surface area contributed by atoms with Crippen LogP contribution in [0.15, 0.2) is 53.3 Å². The highest BCUT2D eigenvalue weighted by atomic mass is 16.3. The molecule has 1 atom stereocenters. The number of aromatic nitrogens is 6.